The number of para-hydroxylation sites is 1. The van der Waals surface area contributed by atoms with Crippen molar-refractivity contribution < 1.29 is 4.79 Å². The van der Waals surface area contributed by atoms with Gasteiger partial charge in [-0.3, -0.25) is 4.79 Å². The molecule has 0 fully saturated rings. The normalized spacial score (nSPS) is 19.6. The van der Waals surface area contributed by atoms with Crippen LogP contribution in [0.15, 0.2) is 77.3 Å². The van der Waals surface area contributed by atoms with E-state index >= 15 is 0 Å². The van der Waals surface area contributed by atoms with E-state index in [1.807, 2.05) is 66.2 Å². The van der Waals surface area contributed by atoms with Gasteiger partial charge in [0.25, 0.3) is 0 Å². The minimum absolute atomic E-state index is 0.130. The number of aromatic nitrogens is 2. The summed E-state index contributed by atoms with van der Waals surface area (Å²) in [6.45, 7) is 1.98. The number of nitrogens with zero attached hydrogens (tertiary/aromatic N) is 2. The SMILES string of the molecule is Cc1nn(-c2ccccc2)c2c1C(c1c(Cl)cccc1Cl)C1=C(CC(c3cccs3)CC1=O)N2. The molecule has 2 unspecified atom stereocenters. The van der Waals surface area contributed by atoms with Crippen LogP contribution in [0.1, 0.15) is 46.4 Å². The van der Waals surface area contributed by atoms with Crippen molar-refractivity contribution in [3.63, 3.8) is 0 Å². The van der Waals surface area contributed by atoms with Gasteiger partial charge in [0.15, 0.2) is 5.78 Å². The molecule has 2 atom stereocenters. The van der Waals surface area contributed by atoms with Crippen molar-refractivity contribution in [1.29, 1.82) is 0 Å². The van der Waals surface area contributed by atoms with Crippen LogP contribution in [0, 0.1) is 6.92 Å². The largest absolute Gasteiger partial charge is 0.343 e. The standard InChI is InChI=1S/C27H21Cl2N3OS/c1-15-23-26(24-18(28)9-5-10-19(24)29)25-20(13-16(14-21(25)33)22-11-6-12-34-22)30-27(23)32(31-15)17-7-3-2-4-8-17/h2-12,16,26,30H,13-14H2,1H3. The number of allylic oxidation sites excluding steroid dienone is 2. The van der Waals surface area contributed by atoms with Gasteiger partial charge in [0, 0.05) is 55.6 Å². The van der Waals surface area contributed by atoms with Crippen LogP contribution >= 0.6 is 34.5 Å². The second-order valence-corrected chi connectivity index (χ2v) is 10.5. The zero-order valence-electron chi connectivity index (χ0n) is 18.4. The number of hydrogen-bond acceptors (Lipinski definition) is 4. The van der Waals surface area contributed by atoms with E-state index in [1.165, 1.54) is 4.88 Å². The first kappa shape index (κ1) is 21.7. The topological polar surface area (TPSA) is 46.9 Å². The number of carbonyl (C=O) groups is 1. The number of ketones is 1. The van der Waals surface area contributed by atoms with E-state index in [0.29, 0.717) is 16.5 Å². The summed E-state index contributed by atoms with van der Waals surface area (Å²) in [6, 6.07) is 19.7. The number of nitrogens with one attached hydrogen (secondary N) is 1. The third-order valence-corrected chi connectivity index (χ3v) is 8.39. The molecule has 2 aromatic carbocycles. The Morgan fingerprint density at radius 3 is 2.44 bits per heavy atom. The Labute approximate surface area is 211 Å². The van der Waals surface area contributed by atoms with E-state index in [4.69, 9.17) is 28.3 Å². The van der Waals surface area contributed by atoms with Crippen molar-refractivity contribution >= 4 is 46.1 Å². The number of rotatable bonds is 3. The molecule has 0 amide bonds. The summed E-state index contributed by atoms with van der Waals surface area (Å²) in [5.74, 6) is 0.771. The second kappa shape index (κ2) is 8.42. The predicted octanol–water partition coefficient (Wildman–Crippen LogP) is 7.51. The number of fused-ring (bicyclic) bond motifs is 1. The Morgan fingerprint density at radius 1 is 0.971 bits per heavy atom. The quantitative estimate of drug-likeness (QED) is 0.313. The fourth-order valence-corrected chi connectivity index (χ4v) is 6.68. The monoisotopic (exact) mass is 505 g/mol. The summed E-state index contributed by atoms with van der Waals surface area (Å²) in [6.07, 6.45) is 1.22. The molecule has 0 saturated heterocycles. The van der Waals surface area contributed by atoms with Crippen LogP contribution in [0.25, 0.3) is 5.69 Å². The van der Waals surface area contributed by atoms with E-state index in [2.05, 4.69) is 16.8 Å². The molecule has 7 heteroatoms. The first-order chi connectivity index (χ1) is 16.5. The summed E-state index contributed by atoms with van der Waals surface area (Å²) in [5.41, 5.74) is 5.18. The van der Waals surface area contributed by atoms with E-state index in [1.54, 1.807) is 11.3 Å². The van der Waals surface area contributed by atoms with Crippen LogP contribution in [0.3, 0.4) is 0 Å². The first-order valence-electron chi connectivity index (χ1n) is 11.2. The molecule has 2 aromatic heterocycles. The van der Waals surface area contributed by atoms with Crippen molar-refractivity contribution in [2.75, 3.05) is 5.32 Å². The average Bonchev–Trinajstić information content (AvgIpc) is 3.47. The molecule has 0 spiro atoms. The Bertz CT molecular complexity index is 1420. The van der Waals surface area contributed by atoms with Gasteiger partial charge in [-0.05, 0) is 49.1 Å². The molecule has 0 saturated carbocycles. The minimum atomic E-state index is -0.373. The average molecular weight is 506 g/mol. The molecule has 1 N–H and O–H groups in total. The lowest BCUT2D eigenvalue weighted by Crippen LogP contribution is -2.30. The highest BCUT2D eigenvalue weighted by Crippen LogP contribution is 2.52. The van der Waals surface area contributed by atoms with Gasteiger partial charge < -0.3 is 5.32 Å². The third-order valence-electron chi connectivity index (χ3n) is 6.70. The Balaban J connectivity index is 1.59. The molecular weight excluding hydrogens is 485 g/mol. The number of carbonyl (C=O) groups excluding carboxylic acids is 1. The predicted molar refractivity (Wildman–Crippen MR) is 139 cm³/mol. The lowest BCUT2D eigenvalue weighted by atomic mass is 9.73. The van der Waals surface area contributed by atoms with E-state index in [9.17, 15) is 4.79 Å². The molecule has 170 valence electrons. The van der Waals surface area contributed by atoms with Gasteiger partial charge in [0.1, 0.15) is 5.82 Å². The maximum atomic E-state index is 13.7. The number of benzene rings is 2. The van der Waals surface area contributed by atoms with Gasteiger partial charge in [-0.15, -0.1) is 11.3 Å². The van der Waals surface area contributed by atoms with Gasteiger partial charge >= 0.3 is 0 Å². The van der Waals surface area contributed by atoms with Crippen molar-refractivity contribution in [3.8, 4) is 5.69 Å². The number of thiophene rings is 1. The second-order valence-electron chi connectivity index (χ2n) is 8.72. The zero-order chi connectivity index (χ0) is 23.4. The van der Waals surface area contributed by atoms with Gasteiger partial charge in [-0.25, -0.2) is 4.68 Å². The number of Topliss-reactive ketones (excluding diaryl/α,β-unsaturated/α-hetero) is 1. The van der Waals surface area contributed by atoms with Crippen molar-refractivity contribution in [2.24, 2.45) is 0 Å². The van der Waals surface area contributed by atoms with Crippen molar-refractivity contribution in [3.05, 3.63) is 109 Å². The van der Waals surface area contributed by atoms with Crippen molar-refractivity contribution in [1.82, 2.24) is 9.78 Å². The first-order valence-corrected chi connectivity index (χ1v) is 12.8. The van der Waals surface area contributed by atoms with Gasteiger partial charge in [0.05, 0.1) is 11.4 Å². The fourth-order valence-electron chi connectivity index (χ4n) is 5.23. The highest BCUT2D eigenvalue weighted by molar-refractivity contribution is 7.10. The smallest absolute Gasteiger partial charge is 0.162 e. The van der Waals surface area contributed by atoms with Crippen LogP contribution < -0.4 is 5.32 Å². The van der Waals surface area contributed by atoms with Crippen molar-refractivity contribution in [2.45, 2.75) is 31.6 Å². The van der Waals surface area contributed by atoms with E-state index < -0.39 is 0 Å². The third kappa shape index (κ3) is 3.42. The highest BCUT2D eigenvalue weighted by atomic mass is 35.5. The van der Waals surface area contributed by atoms with E-state index in [0.717, 1.165) is 46.0 Å². The number of halogens is 2. The van der Waals surface area contributed by atoms with Gasteiger partial charge in [-0.2, -0.15) is 5.10 Å². The zero-order valence-corrected chi connectivity index (χ0v) is 20.7. The summed E-state index contributed by atoms with van der Waals surface area (Å²) in [4.78, 5) is 15.0. The maximum Gasteiger partial charge on any atom is 0.162 e. The Kier molecular flexibility index (Phi) is 5.36. The molecule has 4 nitrogen and oxygen atoms in total. The van der Waals surface area contributed by atoms with E-state index in [-0.39, 0.29) is 17.6 Å². The molecule has 2 aliphatic rings. The lowest BCUT2D eigenvalue weighted by Gasteiger charge is -2.36. The molecule has 3 heterocycles. The van der Waals surface area contributed by atoms with Crippen LogP contribution in [-0.4, -0.2) is 15.6 Å². The summed E-state index contributed by atoms with van der Waals surface area (Å²) in [5, 5.41) is 11.7. The van der Waals surface area contributed by atoms with Crippen LogP contribution in [0.2, 0.25) is 10.0 Å². The summed E-state index contributed by atoms with van der Waals surface area (Å²) in [7, 11) is 0. The molecule has 1 aliphatic carbocycles. The maximum absolute atomic E-state index is 13.7. The molecule has 4 aromatic rings. The molecule has 0 bridgehead atoms. The van der Waals surface area contributed by atoms with Crippen LogP contribution in [-0.2, 0) is 4.79 Å². The summed E-state index contributed by atoms with van der Waals surface area (Å²) < 4.78 is 1.92. The minimum Gasteiger partial charge on any atom is -0.343 e. The molecule has 6 rings (SSSR count). The Hall–Kier alpha value is -2.86. The van der Waals surface area contributed by atoms with Gasteiger partial charge in [-0.1, -0.05) is 53.5 Å². The molecule has 34 heavy (non-hydrogen) atoms. The summed E-state index contributed by atoms with van der Waals surface area (Å²) >= 11 is 15.2. The molecule has 0 radical (unpaired) electrons. The fraction of sp³-hybridized carbons (Fsp3) is 0.185. The number of aryl methyl sites for hydroxylation is 1. The van der Waals surface area contributed by atoms with Crippen LogP contribution in [0.4, 0.5) is 5.82 Å². The highest BCUT2D eigenvalue weighted by Gasteiger charge is 2.42. The van der Waals surface area contributed by atoms with Crippen LogP contribution in [0.5, 0.6) is 0 Å². The number of hydrogen-bond donors (Lipinski definition) is 1. The molecular formula is C27H21Cl2N3OS. The molecule has 1 aliphatic heterocycles. The Morgan fingerprint density at radius 2 is 1.74 bits per heavy atom. The lowest BCUT2D eigenvalue weighted by molar-refractivity contribution is -0.116. The number of anilines is 1. The van der Waals surface area contributed by atoms with Gasteiger partial charge in [0.2, 0.25) is 0 Å².